The molecule has 30 heavy (non-hydrogen) atoms. The number of alkyl carbamates (subject to hydrolysis) is 1. The van der Waals surface area contributed by atoms with Crippen LogP contribution in [-0.4, -0.2) is 45.6 Å². The van der Waals surface area contributed by atoms with Gasteiger partial charge >= 0.3 is 6.09 Å². The van der Waals surface area contributed by atoms with Gasteiger partial charge in [-0.15, -0.1) is 4.72 Å². The Morgan fingerprint density at radius 3 is 2.67 bits per heavy atom. The number of pyridine rings is 1. The van der Waals surface area contributed by atoms with Gasteiger partial charge in [-0.1, -0.05) is 0 Å². The smallest absolute Gasteiger partial charge is 0.407 e. The van der Waals surface area contributed by atoms with E-state index in [0.717, 1.165) is 13.0 Å². The van der Waals surface area contributed by atoms with Crippen LogP contribution in [0.25, 0.3) is 0 Å². The van der Waals surface area contributed by atoms with Crippen molar-refractivity contribution in [3.05, 3.63) is 23.6 Å². The van der Waals surface area contributed by atoms with E-state index in [1.807, 2.05) is 48.5 Å². The molecule has 1 saturated heterocycles. The molecule has 1 aromatic heterocycles. The number of hydrogen-bond acceptors (Lipinski definition) is 6. The lowest BCUT2D eigenvalue weighted by Crippen LogP contribution is -2.41. The molecule has 2 N–H and O–H groups in total. The summed E-state index contributed by atoms with van der Waals surface area (Å²) in [5.41, 5.74) is 0.142. The van der Waals surface area contributed by atoms with E-state index in [4.69, 9.17) is 4.74 Å². The van der Waals surface area contributed by atoms with E-state index in [-0.39, 0.29) is 12.0 Å². The van der Waals surface area contributed by atoms with E-state index < -0.39 is 33.6 Å². The molecule has 0 aliphatic carbocycles. The second kappa shape index (κ2) is 9.70. The van der Waals surface area contributed by atoms with Crippen molar-refractivity contribution >= 4 is 23.3 Å². The SMILES string of the molecule is C[C@@H](N[S@+]([O-])C(C)(C)C)c1cc(F)cnc1N1CC[C@H](CNC(=O)OC(C)(C)C)C1. The van der Waals surface area contributed by atoms with Gasteiger partial charge in [0.2, 0.25) is 0 Å². The van der Waals surface area contributed by atoms with E-state index in [2.05, 4.69) is 19.9 Å². The predicted octanol–water partition coefficient (Wildman–Crippen LogP) is 3.68. The first-order valence-electron chi connectivity index (χ1n) is 10.3. The number of amides is 1. The molecule has 0 bridgehead atoms. The number of carbonyl (C=O) groups is 1. The lowest BCUT2D eigenvalue weighted by molar-refractivity contribution is 0.0520. The molecule has 0 spiro atoms. The molecule has 0 saturated carbocycles. The minimum atomic E-state index is -1.29. The first-order chi connectivity index (χ1) is 13.8. The number of carbonyl (C=O) groups excluding carboxylic acids is 1. The first-order valence-corrected chi connectivity index (χ1v) is 11.5. The number of anilines is 1. The summed E-state index contributed by atoms with van der Waals surface area (Å²) in [4.78, 5) is 18.3. The minimum absolute atomic E-state index is 0.240. The van der Waals surface area contributed by atoms with Gasteiger partial charge in [-0.2, -0.15) is 0 Å². The molecule has 1 aliphatic rings. The van der Waals surface area contributed by atoms with Gasteiger partial charge < -0.3 is 19.5 Å². The summed E-state index contributed by atoms with van der Waals surface area (Å²) in [5, 5.41) is 2.82. The maximum atomic E-state index is 13.9. The number of ether oxygens (including phenoxy) is 1. The van der Waals surface area contributed by atoms with Crippen LogP contribution in [-0.2, 0) is 16.1 Å². The molecule has 1 amide bonds. The molecule has 1 aromatic rings. The number of nitrogens with zero attached hydrogens (tertiary/aromatic N) is 2. The molecule has 0 radical (unpaired) electrons. The largest absolute Gasteiger partial charge is 0.598 e. The number of halogens is 1. The van der Waals surface area contributed by atoms with Crippen LogP contribution in [0.3, 0.4) is 0 Å². The number of aromatic nitrogens is 1. The number of nitrogens with one attached hydrogen (secondary N) is 2. The van der Waals surface area contributed by atoms with Crippen molar-refractivity contribution in [1.82, 2.24) is 15.0 Å². The van der Waals surface area contributed by atoms with Gasteiger partial charge in [0.05, 0.1) is 12.2 Å². The molecule has 9 heteroatoms. The predicted molar refractivity (Wildman–Crippen MR) is 118 cm³/mol. The molecule has 170 valence electrons. The van der Waals surface area contributed by atoms with Crippen LogP contribution in [0.4, 0.5) is 15.0 Å². The van der Waals surface area contributed by atoms with E-state index in [0.29, 0.717) is 24.5 Å². The highest BCUT2D eigenvalue weighted by atomic mass is 32.2. The van der Waals surface area contributed by atoms with E-state index in [1.165, 1.54) is 12.3 Å². The third kappa shape index (κ3) is 7.28. The highest BCUT2D eigenvalue weighted by Crippen LogP contribution is 2.30. The van der Waals surface area contributed by atoms with Gasteiger partial charge in [0.25, 0.3) is 0 Å². The van der Waals surface area contributed by atoms with Crippen LogP contribution in [0.5, 0.6) is 0 Å². The second-order valence-electron chi connectivity index (χ2n) is 9.77. The van der Waals surface area contributed by atoms with E-state index in [9.17, 15) is 13.7 Å². The van der Waals surface area contributed by atoms with Crippen molar-refractivity contribution in [3.63, 3.8) is 0 Å². The molecular weight excluding hydrogens is 407 g/mol. The monoisotopic (exact) mass is 442 g/mol. The molecule has 3 atom stereocenters. The molecular formula is C21H35FN4O3S. The Labute approximate surface area is 182 Å². The molecule has 2 heterocycles. The average Bonchev–Trinajstić information content (AvgIpc) is 3.06. The topological polar surface area (TPSA) is 89.5 Å². The standard InChI is InChI=1S/C21H35FN4O3S/c1-14(25-30(28)21(5,6)7)17-10-16(22)12-23-18(17)26-9-8-15(13-26)11-24-19(27)29-20(2,3)4/h10,12,14-15,25H,8-9,11,13H2,1-7H3,(H,24,27)/t14-,15-,30-/m1/s1. The molecule has 7 nitrogen and oxygen atoms in total. The van der Waals surface area contributed by atoms with Crippen LogP contribution < -0.4 is 14.9 Å². The Balaban J connectivity index is 2.03. The van der Waals surface area contributed by atoms with Crippen LogP contribution in [0.1, 0.15) is 66.5 Å². The number of hydrogen-bond donors (Lipinski definition) is 2. The van der Waals surface area contributed by atoms with Crippen molar-refractivity contribution in [2.75, 3.05) is 24.5 Å². The van der Waals surface area contributed by atoms with Crippen LogP contribution in [0.15, 0.2) is 12.3 Å². The van der Waals surface area contributed by atoms with E-state index in [1.54, 1.807) is 0 Å². The van der Waals surface area contributed by atoms with Gasteiger partial charge in [0.15, 0.2) is 0 Å². The zero-order valence-electron chi connectivity index (χ0n) is 19.0. The lowest BCUT2D eigenvalue weighted by Gasteiger charge is -2.28. The Morgan fingerprint density at radius 2 is 2.07 bits per heavy atom. The molecule has 1 fully saturated rings. The van der Waals surface area contributed by atoms with Crippen molar-refractivity contribution < 1.29 is 18.5 Å². The Bertz CT molecular complexity index is 736. The maximum Gasteiger partial charge on any atom is 0.407 e. The highest BCUT2D eigenvalue weighted by Gasteiger charge is 2.32. The summed E-state index contributed by atoms with van der Waals surface area (Å²) in [6, 6.07) is 1.12. The van der Waals surface area contributed by atoms with Crippen molar-refractivity contribution in [1.29, 1.82) is 0 Å². The average molecular weight is 443 g/mol. The van der Waals surface area contributed by atoms with Crippen LogP contribution >= 0.6 is 0 Å². The van der Waals surface area contributed by atoms with Crippen molar-refractivity contribution in [3.8, 4) is 0 Å². The second-order valence-corrected chi connectivity index (χ2v) is 11.8. The minimum Gasteiger partial charge on any atom is -0.598 e. The summed E-state index contributed by atoms with van der Waals surface area (Å²) in [6.45, 7) is 14.9. The van der Waals surface area contributed by atoms with Gasteiger partial charge in [0, 0.05) is 36.6 Å². The Morgan fingerprint density at radius 1 is 1.40 bits per heavy atom. The maximum absolute atomic E-state index is 13.9. The molecule has 0 aromatic carbocycles. The lowest BCUT2D eigenvalue weighted by atomic mass is 10.1. The Hall–Kier alpha value is -1.58. The zero-order chi connectivity index (χ0) is 22.7. The van der Waals surface area contributed by atoms with E-state index >= 15 is 0 Å². The zero-order valence-corrected chi connectivity index (χ0v) is 19.9. The third-order valence-electron chi connectivity index (χ3n) is 4.69. The van der Waals surface area contributed by atoms with Gasteiger partial charge in [-0.3, -0.25) is 0 Å². The van der Waals surface area contributed by atoms with Crippen molar-refractivity contribution in [2.24, 2.45) is 5.92 Å². The molecule has 0 unspecified atom stereocenters. The fraction of sp³-hybridized carbons (Fsp3) is 0.714. The fourth-order valence-corrected chi connectivity index (χ4v) is 3.97. The first kappa shape index (κ1) is 24.7. The number of rotatable bonds is 6. The summed E-state index contributed by atoms with van der Waals surface area (Å²) in [6.07, 6.45) is 1.66. The fourth-order valence-electron chi connectivity index (χ4n) is 3.16. The summed E-state index contributed by atoms with van der Waals surface area (Å²) in [7, 11) is 0. The van der Waals surface area contributed by atoms with Crippen LogP contribution in [0, 0.1) is 11.7 Å². The molecule has 2 rings (SSSR count). The Kier molecular flexibility index (Phi) is 7.98. The van der Waals surface area contributed by atoms with Gasteiger partial charge in [-0.05, 0) is 66.9 Å². The van der Waals surface area contributed by atoms with Crippen molar-refractivity contribution in [2.45, 2.75) is 71.3 Å². The van der Waals surface area contributed by atoms with Gasteiger partial charge in [0.1, 0.15) is 22.0 Å². The summed E-state index contributed by atoms with van der Waals surface area (Å²) < 4.78 is 34.3. The normalized spacial score (nSPS) is 19.5. The van der Waals surface area contributed by atoms with Gasteiger partial charge in [-0.25, -0.2) is 14.2 Å². The summed E-state index contributed by atoms with van der Waals surface area (Å²) in [5.74, 6) is 0.498. The molecule has 1 aliphatic heterocycles. The van der Waals surface area contributed by atoms with Crippen LogP contribution in [0.2, 0.25) is 0 Å². The third-order valence-corrected chi connectivity index (χ3v) is 6.37. The summed E-state index contributed by atoms with van der Waals surface area (Å²) >= 11 is -1.29. The highest BCUT2D eigenvalue weighted by molar-refractivity contribution is 7.90. The quantitative estimate of drug-likeness (QED) is 0.653.